The quantitative estimate of drug-likeness (QED) is 0.434. The topological polar surface area (TPSA) is 47.6 Å². The molecule has 1 aliphatic rings. The van der Waals surface area contributed by atoms with E-state index in [4.69, 9.17) is 21.7 Å². The number of carbonyl (C=O) groups excluding carboxylic acids is 1. The summed E-state index contributed by atoms with van der Waals surface area (Å²) in [6, 6.07) is 11.6. The standard InChI is InChI=1S/C18H13Br2NO3S2/c1-23-14-7-11(8-15-17(22)21-18(25)26-15)6-13(20)16(14)24-9-10-2-4-12(19)5-3-10/h2-8H,9H2,1H3,(H,21,22,25)/b15-8-. The maximum atomic E-state index is 11.8. The summed E-state index contributed by atoms with van der Waals surface area (Å²) < 4.78 is 13.6. The first kappa shape index (κ1) is 19.4. The average molecular weight is 515 g/mol. The molecule has 2 aromatic rings. The molecule has 0 saturated carbocycles. The Labute approximate surface area is 177 Å². The SMILES string of the molecule is COc1cc(/C=C2\SC(=S)NC2=O)cc(Br)c1OCc1ccc(Br)cc1. The third-order valence-electron chi connectivity index (χ3n) is 3.49. The Morgan fingerprint density at radius 2 is 1.96 bits per heavy atom. The van der Waals surface area contributed by atoms with Gasteiger partial charge in [0.15, 0.2) is 11.5 Å². The highest BCUT2D eigenvalue weighted by atomic mass is 79.9. The molecule has 0 unspecified atom stereocenters. The summed E-state index contributed by atoms with van der Waals surface area (Å²) >= 11 is 13.2. The zero-order valence-corrected chi connectivity index (χ0v) is 18.4. The van der Waals surface area contributed by atoms with Crippen molar-refractivity contribution in [2.24, 2.45) is 0 Å². The van der Waals surface area contributed by atoms with Gasteiger partial charge in [-0.15, -0.1) is 0 Å². The van der Waals surface area contributed by atoms with Gasteiger partial charge in [-0.2, -0.15) is 0 Å². The number of nitrogens with one attached hydrogen (secondary N) is 1. The third kappa shape index (κ3) is 4.68. The van der Waals surface area contributed by atoms with Crippen molar-refractivity contribution in [1.29, 1.82) is 0 Å². The first-order chi connectivity index (χ1) is 12.5. The molecule has 1 saturated heterocycles. The Bertz CT molecular complexity index is 898. The van der Waals surface area contributed by atoms with Crippen LogP contribution < -0.4 is 14.8 Å². The van der Waals surface area contributed by atoms with Crippen LogP contribution in [0.3, 0.4) is 0 Å². The van der Waals surface area contributed by atoms with Crippen molar-refractivity contribution < 1.29 is 14.3 Å². The van der Waals surface area contributed by atoms with Crippen LogP contribution in [-0.4, -0.2) is 17.3 Å². The minimum Gasteiger partial charge on any atom is -0.493 e. The van der Waals surface area contributed by atoms with Gasteiger partial charge in [0, 0.05) is 4.47 Å². The summed E-state index contributed by atoms with van der Waals surface area (Å²) in [5.41, 5.74) is 1.85. The second-order valence-corrected chi connectivity index (χ2v) is 8.79. The second kappa shape index (κ2) is 8.56. The molecule has 1 N–H and O–H groups in total. The number of thiocarbonyl (C=S) groups is 1. The fourth-order valence-electron chi connectivity index (χ4n) is 2.27. The van der Waals surface area contributed by atoms with Crippen LogP contribution in [0.25, 0.3) is 6.08 Å². The van der Waals surface area contributed by atoms with Crippen molar-refractivity contribution in [3.8, 4) is 11.5 Å². The highest BCUT2D eigenvalue weighted by molar-refractivity contribution is 9.10. The first-order valence-electron chi connectivity index (χ1n) is 7.46. The molecular weight excluding hydrogens is 502 g/mol. The molecule has 4 nitrogen and oxygen atoms in total. The smallest absolute Gasteiger partial charge is 0.263 e. The average Bonchev–Trinajstić information content (AvgIpc) is 2.92. The zero-order valence-electron chi connectivity index (χ0n) is 13.5. The van der Waals surface area contributed by atoms with E-state index in [1.165, 1.54) is 11.8 Å². The van der Waals surface area contributed by atoms with Gasteiger partial charge in [0.05, 0.1) is 16.5 Å². The Kier molecular flexibility index (Phi) is 6.39. The fraction of sp³-hybridized carbons (Fsp3) is 0.111. The molecule has 26 heavy (non-hydrogen) atoms. The van der Waals surface area contributed by atoms with Gasteiger partial charge in [-0.1, -0.05) is 52.0 Å². The van der Waals surface area contributed by atoms with Gasteiger partial charge in [0.25, 0.3) is 5.91 Å². The van der Waals surface area contributed by atoms with Crippen molar-refractivity contribution in [1.82, 2.24) is 5.32 Å². The highest BCUT2D eigenvalue weighted by Gasteiger charge is 2.22. The largest absolute Gasteiger partial charge is 0.493 e. The molecule has 0 aliphatic carbocycles. The molecule has 0 radical (unpaired) electrons. The second-order valence-electron chi connectivity index (χ2n) is 5.30. The monoisotopic (exact) mass is 513 g/mol. The van der Waals surface area contributed by atoms with E-state index < -0.39 is 0 Å². The molecule has 8 heteroatoms. The van der Waals surface area contributed by atoms with Crippen molar-refractivity contribution in [2.75, 3.05) is 7.11 Å². The Hall–Kier alpha value is -1.35. The van der Waals surface area contributed by atoms with E-state index in [-0.39, 0.29) is 5.91 Å². The van der Waals surface area contributed by atoms with Crippen LogP contribution >= 0.6 is 55.8 Å². The molecule has 1 aliphatic heterocycles. The molecule has 1 fully saturated rings. The maximum Gasteiger partial charge on any atom is 0.263 e. The summed E-state index contributed by atoms with van der Waals surface area (Å²) in [6.07, 6.45) is 1.77. The van der Waals surface area contributed by atoms with Crippen LogP contribution in [0.1, 0.15) is 11.1 Å². The fourth-order valence-corrected chi connectivity index (χ4v) is 4.15. The molecule has 1 amide bonds. The van der Waals surface area contributed by atoms with Crippen molar-refractivity contribution in [3.63, 3.8) is 0 Å². The Balaban J connectivity index is 1.83. The molecule has 0 spiro atoms. The van der Waals surface area contributed by atoms with Gasteiger partial charge >= 0.3 is 0 Å². The summed E-state index contributed by atoms with van der Waals surface area (Å²) in [5.74, 6) is 0.997. The molecule has 0 atom stereocenters. The van der Waals surface area contributed by atoms with Crippen LogP contribution in [0.5, 0.6) is 11.5 Å². The van der Waals surface area contributed by atoms with Gasteiger partial charge < -0.3 is 14.8 Å². The molecule has 0 aromatic heterocycles. The molecule has 1 heterocycles. The number of methoxy groups -OCH3 is 1. The number of halogens is 2. The van der Waals surface area contributed by atoms with Gasteiger partial charge in [0.2, 0.25) is 0 Å². The number of benzene rings is 2. The number of hydrogen-bond acceptors (Lipinski definition) is 5. The third-order valence-corrected chi connectivity index (χ3v) is 5.77. The van der Waals surface area contributed by atoms with E-state index in [1.807, 2.05) is 36.4 Å². The van der Waals surface area contributed by atoms with Crippen molar-refractivity contribution >= 4 is 72.1 Å². The number of rotatable bonds is 5. The van der Waals surface area contributed by atoms with E-state index in [1.54, 1.807) is 13.2 Å². The molecule has 0 bridgehead atoms. The summed E-state index contributed by atoms with van der Waals surface area (Å²) in [5, 5.41) is 2.60. The summed E-state index contributed by atoms with van der Waals surface area (Å²) in [6.45, 7) is 0.412. The summed E-state index contributed by atoms with van der Waals surface area (Å²) in [7, 11) is 1.58. The van der Waals surface area contributed by atoms with Gasteiger partial charge in [-0.05, 0) is 57.4 Å². The first-order valence-corrected chi connectivity index (χ1v) is 10.3. The van der Waals surface area contributed by atoms with E-state index in [9.17, 15) is 4.79 Å². The minimum atomic E-state index is -0.189. The maximum absolute atomic E-state index is 11.8. The zero-order chi connectivity index (χ0) is 18.7. The van der Waals surface area contributed by atoms with Gasteiger partial charge in [-0.3, -0.25) is 4.79 Å². The summed E-state index contributed by atoms with van der Waals surface area (Å²) in [4.78, 5) is 12.4. The minimum absolute atomic E-state index is 0.189. The number of amides is 1. The lowest BCUT2D eigenvalue weighted by atomic mass is 10.2. The van der Waals surface area contributed by atoms with Crippen LogP contribution in [0.2, 0.25) is 0 Å². The number of thioether (sulfide) groups is 1. The van der Waals surface area contributed by atoms with Crippen LogP contribution in [-0.2, 0) is 11.4 Å². The van der Waals surface area contributed by atoms with E-state index in [2.05, 4.69) is 37.2 Å². The number of ether oxygens (including phenoxy) is 2. The van der Waals surface area contributed by atoms with Crippen molar-refractivity contribution in [3.05, 3.63) is 61.4 Å². The lowest BCUT2D eigenvalue weighted by molar-refractivity contribution is -0.115. The van der Waals surface area contributed by atoms with E-state index in [0.29, 0.717) is 27.3 Å². The van der Waals surface area contributed by atoms with Crippen LogP contribution in [0.4, 0.5) is 0 Å². The van der Waals surface area contributed by atoms with Crippen molar-refractivity contribution in [2.45, 2.75) is 6.61 Å². The molecule has 2 aromatic carbocycles. The van der Waals surface area contributed by atoms with Crippen LogP contribution in [0.15, 0.2) is 50.2 Å². The molecule has 3 rings (SSSR count). The number of carbonyl (C=O) groups is 1. The predicted octanol–water partition coefficient (Wildman–Crippen LogP) is 5.29. The van der Waals surface area contributed by atoms with Gasteiger partial charge in [0.1, 0.15) is 10.9 Å². The Morgan fingerprint density at radius 1 is 1.23 bits per heavy atom. The normalized spacial score (nSPS) is 15.3. The highest BCUT2D eigenvalue weighted by Crippen LogP contribution is 2.38. The van der Waals surface area contributed by atoms with Gasteiger partial charge in [-0.25, -0.2) is 0 Å². The van der Waals surface area contributed by atoms with Crippen LogP contribution in [0, 0.1) is 0 Å². The van der Waals surface area contributed by atoms with E-state index >= 15 is 0 Å². The van der Waals surface area contributed by atoms with E-state index in [0.717, 1.165) is 20.1 Å². The Morgan fingerprint density at radius 3 is 2.58 bits per heavy atom. The molecule has 134 valence electrons. The lowest BCUT2D eigenvalue weighted by Gasteiger charge is -2.14. The molecular formula is C18H13Br2NO3S2. The number of hydrogen-bond donors (Lipinski definition) is 1. The lowest BCUT2D eigenvalue weighted by Crippen LogP contribution is -2.17. The predicted molar refractivity (Wildman–Crippen MR) is 115 cm³/mol.